The SMILES string of the molecule is C=C(CCO)C(=O)O.C=CC(=O)O. The molecule has 0 aliphatic carbocycles. The lowest BCUT2D eigenvalue weighted by molar-refractivity contribution is -0.133. The second-order valence-electron chi connectivity index (χ2n) is 1.92. The topological polar surface area (TPSA) is 94.8 Å². The quantitative estimate of drug-likeness (QED) is 0.550. The van der Waals surface area contributed by atoms with Crippen LogP contribution in [0.25, 0.3) is 0 Å². The van der Waals surface area contributed by atoms with Crippen LogP contribution in [0.3, 0.4) is 0 Å². The molecule has 5 heteroatoms. The minimum Gasteiger partial charge on any atom is -0.478 e. The lowest BCUT2D eigenvalue weighted by Gasteiger charge is -1.91. The van der Waals surface area contributed by atoms with Crippen molar-refractivity contribution in [1.82, 2.24) is 0 Å². The first-order chi connectivity index (χ1) is 5.95. The fraction of sp³-hybridized carbons (Fsp3) is 0.250. The predicted molar refractivity (Wildman–Crippen MR) is 46.3 cm³/mol. The molecule has 3 N–H and O–H groups in total. The number of aliphatic hydroxyl groups excluding tert-OH is 1. The van der Waals surface area contributed by atoms with Gasteiger partial charge in [0.25, 0.3) is 0 Å². The molecule has 0 radical (unpaired) electrons. The first-order valence-corrected chi connectivity index (χ1v) is 3.33. The van der Waals surface area contributed by atoms with Crippen LogP contribution in [-0.2, 0) is 9.59 Å². The van der Waals surface area contributed by atoms with Crippen molar-refractivity contribution in [3.8, 4) is 0 Å². The van der Waals surface area contributed by atoms with E-state index in [2.05, 4.69) is 13.2 Å². The van der Waals surface area contributed by atoms with Gasteiger partial charge in [0.15, 0.2) is 0 Å². The summed E-state index contributed by atoms with van der Waals surface area (Å²) in [5, 5.41) is 23.9. The summed E-state index contributed by atoms with van der Waals surface area (Å²) in [5.74, 6) is -2.02. The molecule has 0 aromatic carbocycles. The van der Waals surface area contributed by atoms with Crippen molar-refractivity contribution < 1.29 is 24.9 Å². The molecule has 0 rings (SSSR count). The highest BCUT2D eigenvalue weighted by molar-refractivity contribution is 5.85. The highest BCUT2D eigenvalue weighted by atomic mass is 16.4. The number of hydrogen-bond acceptors (Lipinski definition) is 3. The first kappa shape index (κ1) is 13.9. The predicted octanol–water partition coefficient (Wildman–Crippen LogP) is 0.267. The van der Waals surface area contributed by atoms with Gasteiger partial charge in [0.05, 0.1) is 0 Å². The van der Waals surface area contributed by atoms with Gasteiger partial charge in [-0.05, 0) is 0 Å². The molecule has 0 aliphatic rings. The maximum Gasteiger partial charge on any atom is 0.331 e. The first-order valence-electron chi connectivity index (χ1n) is 3.33. The van der Waals surface area contributed by atoms with Crippen molar-refractivity contribution >= 4 is 11.9 Å². The molecule has 0 spiro atoms. The van der Waals surface area contributed by atoms with Gasteiger partial charge in [0, 0.05) is 24.7 Å². The largest absolute Gasteiger partial charge is 0.478 e. The molecule has 0 atom stereocenters. The minimum absolute atomic E-state index is 0.0486. The summed E-state index contributed by atoms with van der Waals surface area (Å²) in [6.45, 7) is 6.00. The molecule has 0 fully saturated rings. The molecule has 0 aliphatic heterocycles. The van der Waals surface area contributed by atoms with Crippen molar-refractivity contribution in [3.05, 3.63) is 24.8 Å². The van der Waals surface area contributed by atoms with E-state index in [1.165, 1.54) is 0 Å². The number of rotatable bonds is 4. The fourth-order valence-electron chi connectivity index (χ4n) is 0.242. The maximum absolute atomic E-state index is 9.88. The summed E-state index contributed by atoms with van der Waals surface area (Å²) < 4.78 is 0. The van der Waals surface area contributed by atoms with E-state index in [0.717, 1.165) is 6.08 Å². The smallest absolute Gasteiger partial charge is 0.331 e. The van der Waals surface area contributed by atoms with E-state index in [4.69, 9.17) is 15.3 Å². The average molecular weight is 188 g/mol. The van der Waals surface area contributed by atoms with Crippen LogP contribution in [0.2, 0.25) is 0 Å². The van der Waals surface area contributed by atoms with E-state index in [1.807, 2.05) is 0 Å². The molecule has 0 amide bonds. The zero-order chi connectivity index (χ0) is 10.9. The van der Waals surface area contributed by atoms with E-state index in [0.29, 0.717) is 0 Å². The summed E-state index contributed by atoms with van der Waals surface area (Å²) in [6.07, 6.45) is 0.981. The number of hydrogen-bond donors (Lipinski definition) is 3. The number of carboxylic acid groups (broad SMARTS) is 2. The van der Waals surface area contributed by atoms with Gasteiger partial charge in [0.1, 0.15) is 0 Å². The van der Waals surface area contributed by atoms with E-state index >= 15 is 0 Å². The summed E-state index contributed by atoms with van der Waals surface area (Å²) in [7, 11) is 0. The van der Waals surface area contributed by atoms with Crippen molar-refractivity contribution in [2.24, 2.45) is 0 Å². The van der Waals surface area contributed by atoms with Gasteiger partial charge in [0.2, 0.25) is 0 Å². The van der Waals surface area contributed by atoms with Crippen LogP contribution in [0.5, 0.6) is 0 Å². The van der Waals surface area contributed by atoms with E-state index in [9.17, 15) is 9.59 Å². The molecule has 0 aromatic rings. The molecule has 0 unspecified atom stereocenters. The van der Waals surface area contributed by atoms with Gasteiger partial charge in [-0.15, -0.1) is 0 Å². The van der Waals surface area contributed by atoms with Crippen molar-refractivity contribution in [3.63, 3.8) is 0 Å². The fourth-order valence-corrected chi connectivity index (χ4v) is 0.242. The Hall–Kier alpha value is -1.62. The van der Waals surface area contributed by atoms with Crippen LogP contribution in [0.4, 0.5) is 0 Å². The summed E-state index contributed by atoms with van der Waals surface area (Å²) in [4.78, 5) is 19.1. The van der Waals surface area contributed by atoms with Crippen molar-refractivity contribution in [1.29, 1.82) is 0 Å². The Labute approximate surface area is 75.6 Å². The molecule has 5 nitrogen and oxygen atoms in total. The van der Waals surface area contributed by atoms with Gasteiger partial charge in [-0.1, -0.05) is 13.2 Å². The number of aliphatic carboxylic acids is 2. The molecule has 0 saturated carbocycles. The van der Waals surface area contributed by atoms with Gasteiger partial charge in [-0.2, -0.15) is 0 Å². The molecule has 0 heterocycles. The van der Waals surface area contributed by atoms with E-state index in [-0.39, 0.29) is 18.6 Å². The molecular weight excluding hydrogens is 176 g/mol. The third-order valence-corrected chi connectivity index (χ3v) is 0.891. The van der Waals surface area contributed by atoms with Crippen molar-refractivity contribution in [2.45, 2.75) is 6.42 Å². The summed E-state index contributed by atoms with van der Waals surface area (Å²) in [5.41, 5.74) is 0.0486. The van der Waals surface area contributed by atoms with E-state index < -0.39 is 11.9 Å². The minimum atomic E-state index is -1.04. The standard InChI is InChI=1S/C5H8O3.C3H4O2/c1-4(2-3-6)5(7)8;1-2-3(4)5/h6H,1-3H2,(H,7,8);2H,1H2,(H,4,5). The number of aliphatic hydroxyl groups is 1. The zero-order valence-electron chi connectivity index (χ0n) is 7.06. The highest BCUT2D eigenvalue weighted by Crippen LogP contribution is 1.94. The van der Waals surface area contributed by atoms with Crippen LogP contribution in [0, 0.1) is 0 Å². The second-order valence-corrected chi connectivity index (χ2v) is 1.92. The Balaban J connectivity index is 0. The van der Waals surface area contributed by atoms with Gasteiger partial charge in [-0.25, -0.2) is 9.59 Å². The highest BCUT2D eigenvalue weighted by Gasteiger charge is 1.99. The van der Waals surface area contributed by atoms with Crippen LogP contribution in [-0.4, -0.2) is 33.9 Å². The van der Waals surface area contributed by atoms with Gasteiger partial charge in [-0.3, -0.25) is 0 Å². The average Bonchev–Trinajstić information content (AvgIpc) is 2.06. The van der Waals surface area contributed by atoms with Crippen LogP contribution >= 0.6 is 0 Å². The summed E-state index contributed by atoms with van der Waals surface area (Å²) >= 11 is 0. The molecule has 13 heavy (non-hydrogen) atoms. The third kappa shape index (κ3) is 13.4. The Morgan fingerprint density at radius 3 is 1.77 bits per heavy atom. The second kappa shape index (κ2) is 8.48. The number of carbonyl (C=O) groups is 2. The maximum atomic E-state index is 9.88. The van der Waals surface area contributed by atoms with Gasteiger partial charge < -0.3 is 15.3 Å². The Bertz CT molecular complexity index is 207. The molecule has 0 saturated heterocycles. The molecular formula is C8H12O5. The monoisotopic (exact) mass is 188 g/mol. The molecule has 0 aromatic heterocycles. The molecule has 74 valence electrons. The lowest BCUT2D eigenvalue weighted by Crippen LogP contribution is -2.00. The van der Waals surface area contributed by atoms with Crippen molar-refractivity contribution in [2.75, 3.05) is 6.61 Å². The number of carboxylic acids is 2. The normalized spacial score (nSPS) is 7.77. The Morgan fingerprint density at radius 1 is 1.31 bits per heavy atom. The Kier molecular flexibility index (Phi) is 9.09. The summed E-state index contributed by atoms with van der Waals surface area (Å²) in [6, 6.07) is 0. The van der Waals surface area contributed by atoms with E-state index in [1.54, 1.807) is 0 Å². The zero-order valence-corrected chi connectivity index (χ0v) is 7.06. The van der Waals surface area contributed by atoms with Crippen LogP contribution in [0.1, 0.15) is 6.42 Å². The van der Waals surface area contributed by atoms with Crippen LogP contribution < -0.4 is 0 Å². The van der Waals surface area contributed by atoms with Crippen LogP contribution in [0.15, 0.2) is 24.8 Å². The Morgan fingerprint density at radius 2 is 1.69 bits per heavy atom. The third-order valence-electron chi connectivity index (χ3n) is 0.891. The van der Waals surface area contributed by atoms with Gasteiger partial charge >= 0.3 is 11.9 Å². The molecule has 0 bridgehead atoms. The lowest BCUT2D eigenvalue weighted by atomic mass is 10.2.